The first-order valence-electron chi connectivity index (χ1n) is 12.8. The van der Waals surface area contributed by atoms with Crippen LogP contribution in [0.15, 0.2) is 24.3 Å². The van der Waals surface area contributed by atoms with E-state index in [0.29, 0.717) is 24.5 Å². The minimum atomic E-state index is -4.24. The number of benzene rings is 1. The highest BCUT2D eigenvalue weighted by Crippen LogP contribution is 2.67. The molecule has 0 heterocycles. The number of rotatable bonds is 6. The maximum atomic E-state index is 13.5. The van der Waals surface area contributed by atoms with Gasteiger partial charge in [-0.2, -0.15) is 8.42 Å². The standard InChI is InChI=1S/C28H38O5S/c1-25(2)21-10-12-27(25,5)23(29)19(21)14-17-6-8-18(9-7-17)15-20-22-11-13-28(24(20)30,26(22,3)4)16-34(31,32)33/h6-9,19-22H,10-16H2,1-5H3,(H,31,32,33). The Labute approximate surface area is 203 Å². The molecule has 0 aromatic heterocycles. The Bertz CT molecular complexity index is 1150. The summed E-state index contributed by atoms with van der Waals surface area (Å²) >= 11 is 0. The van der Waals surface area contributed by atoms with Gasteiger partial charge in [-0.1, -0.05) is 58.9 Å². The monoisotopic (exact) mass is 486 g/mol. The number of carbonyl (C=O) groups excluding carboxylic acids is 2. The van der Waals surface area contributed by atoms with Gasteiger partial charge in [-0.3, -0.25) is 14.1 Å². The van der Waals surface area contributed by atoms with E-state index in [9.17, 15) is 22.6 Å². The summed E-state index contributed by atoms with van der Waals surface area (Å²) in [6.45, 7) is 10.7. The number of fused-ring (bicyclic) bond motifs is 4. The van der Waals surface area contributed by atoms with Gasteiger partial charge >= 0.3 is 0 Å². The third-order valence-electron chi connectivity index (χ3n) is 11.4. The van der Waals surface area contributed by atoms with Crippen molar-refractivity contribution in [2.45, 2.75) is 73.1 Å². The topological polar surface area (TPSA) is 88.5 Å². The zero-order chi connectivity index (χ0) is 24.9. The zero-order valence-corrected chi connectivity index (χ0v) is 21.9. The van der Waals surface area contributed by atoms with Crippen molar-refractivity contribution in [2.75, 3.05) is 5.75 Å². The highest BCUT2D eigenvalue weighted by atomic mass is 32.2. The lowest BCUT2D eigenvalue weighted by Gasteiger charge is -2.35. The van der Waals surface area contributed by atoms with Gasteiger partial charge in [-0.25, -0.2) is 0 Å². The molecule has 5 nitrogen and oxygen atoms in total. The van der Waals surface area contributed by atoms with Crippen molar-refractivity contribution in [3.05, 3.63) is 35.4 Å². The minimum Gasteiger partial charge on any atom is -0.299 e. The number of hydrogen-bond acceptors (Lipinski definition) is 4. The Morgan fingerprint density at radius 2 is 1.26 bits per heavy atom. The molecule has 0 amide bonds. The summed E-state index contributed by atoms with van der Waals surface area (Å²) < 4.78 is 33.1. The molecule has 4 bridgehead atoms. The molecule has 186 valence electrons. The van der Waals surface area contributed by atoms with E-state index in [4.69, 9.17) is 0 Å². The summed E-state index contributed by atoms with van der Waals surface area (Å²) in [6.07, 6.45) is 4.85. The van der Waals surface area contributed by atoms with Crippen molar-refractivity contribution >= 4 is 21.7 Å². The van der Waals surface area contributed by atoms with Gasteiger partial charge in [0, 0.05) is 17.3 Å². The molecule has 1 N–H and O–H groups in total. The van der Waals surface area contributed by atoms with Crippen molar-refractivity contribution in [2.24, 2.45) is 45.3 Å². The Morgan fingerprint density at radius 3 is 1.74 bits per heavy atom. The summed E-state index contributed by atoms with van der Waals surface area (Å²) in [5.41, 5.74) is 0.656. The van der Waals surface area contributed by atoms with Gasteiger partial charge in [-0.05, 0) is 72.3 Å². The maximum Gasteiger partial charge on any atom is 0.265 e. The van der Waals surface area contributed by atoms with E-state index in [1.165, 1.54) is 0 Å². The minimum absolute atomic E-state index is 0.00138. The third-order valence-corrected chi connectivity index (χ3v) is 12.2. The second-order valence-electron chi connectivity index (χ2n) is 13.0. The smallest absolute Gasteiger partial charge is 0.265 e. The Morgan fingerprint density at radius 1 is 0.794 bits per heavy atom. The Kier molecular flexibility index (Phi) is 5.16. The molecule has 6 unspecified atom stereocenters. The summed E-state index contributed by atoms with van der Waals surface area (Å²) in [5, 5.41) is 0. The molecule has 0 spiro atoms. The first kappa shape index (κ1) is 24.2. The summed E-state index contributed by atoms with van der Waals surface area (Å²) in [4.78, 5) is 26.7. The summed E-state index contributed by atoms with van der Waals surface area (Å²) in [7, 11) is -4.24. The first-order chi connectivity index (χ1) is 15.6. The van der Waals surface area contributed by atoms with E-state index < -0.39 is 26.7 Å². The molecule has 1 aromatic rings. The van der Waals surface area contributed by atoms with Crippen LogP contribution in [0.3, 0.4) is 0 Å². The quantitative estimate of drug-likeness (QED) is 0.577. The first-order valence-corrected chi connectivity index (χ1v) is 14.4. The predicted molar refractivity (Wildman–Crippen MR) is 131 cm³/mol. The molecule has 6 atom stereocenters. The highest BCUT2D eigenvalue weighted by molar-refractivity contribution is 7.85. The molecule has 6 heteroatoms. The van der Waals surface area contributed by atoms with Crippen LogP contribution in [0, 0.1) is 45.3 Å². The average Bonchev–Trinajstić information content (AvgIpc) is 3.22. The normalized spacial score (nSPS) is 39.8. The van der Waals surface area contributed by atoms with Crippen LogP contribution in [0.1, 0.15) is 71.4 Å². The van der Waals surface area contributed by atoms with Crippen molar-refractivity contribution in [1.82, 2.24) is 0 Å². The van der Waals surface area contributed by atoms with Crippen molar-refractivity contribution in [3.8, 4) is 0 Å². The lowest BCUT2D eigenvalue weighted by atomic mass is 9.70. The average molecular weight is 487 g/mol. The summed E-state index contributed by atoms with van der Waals surface area (Å²) in [6, 6.07) is 8.34. The van der Waals surface area contributed by atoms with Crippen LogP contribution in [0.25, 0.3) is 0 Å². The molecule has 0 saturated heterocycles. The van der Waals surface area contributed by atoms with E-state index in [0.717, 1.165) is 36.8 Å². The SMILES string of the molecule is CC12CCC(C(Cc3ccc(CC4C(=O)C5(CS(=O)(=O)O)CCC4C5(C)C)cc3)C1=O)C2(C)C. The third kappa shape index (κ3) is 3.09. The highest BCUT2D eigenvalue weighted by Gasteiger charge is 2.69. The predicted octanol–water partition coefficient (Wildman–Crippen LogP) is 4.92. The molecular formula is C28H38O5S. The van der Waals surface area contributed by atoms with Crippen LogP contribution in [-0.4, -0.2) is 30.3 Å². The fourth-order valence-electron chi connectivity index (χ4n) is 8.83. The van der Waals surface area contributed by atoms with Crippen molar-refractivity contribution in [3.63, 3.8) is 0 Å². The van der Waals surface area contributed by atoms with Gasteiger partial charge < -0.3 is 0 Å². The van der Waals surface area contributed by atoms with Crippen LogP contribution >= 0.6 is 0 Å². The van der Waals surface area contributed by atoms with Gasteiger partial charge in [0.25, 0.3) is 10.1 Å². The zero-order valence-electron chi connectivity index (χ0n) is 21.1. The lowest BCUT2D eigenvalue weighted by Crippen LogP contribution is -2.43. The van der Waals surface area contributed by atoms with E-state index >= 15 is 0 Å². The molecular weight excluding hydrogens is 448 g/mol. The molecule has 4 saturated carbocycles. The second-order valence-corrected chi connectivity index (χ2v) is 14.5. The van der Waals surface area contributed by atoms with Gasteiger partial charge in [0.2, 0.25) is 0 Å². The number of hydrogen-bond donors (Lipinski definition) is 1. The van der Waals surface area contributed by atoms with Crippen LogP contribution in [0.4, 0.5) is 0 Å². The molecule has 1 aromatic carbocycles. The fraction of sp³-hybridized carbons (Fsp3) is 0.714. The van der Waals surface area contributed by atoms with Crippen LogP contribution in [-0.2, 0) is 32.5 Å². The van der Waals surface area contributed by atoms with E-state index in [1.54, 1.807) is 0 Å². The van der Waals surface area contributed by atoms with Gasteiger partial charge in [0.05, 0.1) is 11.2 Å². The van der Waals surface area contributed by atoms with Gasteiger partial charge in [0.1, 0.15) is 11.6 Å². The fourth-order valence-corrected chi connectivity index (χ4v) is 10.1. The molecule has 4 fully saturated rings. The van der Waals surface area contributed by atoms with E-state index in [2.05, 4.69) is 45.0 Å². The molecule has 4 aliphatic carbocycles. The van der Waals surface area contributed by atoms with Crippen LogP contribution in [0.2, 0.25) is 0 Å². The Balaban J connectivity index is 1.31. The summed E-state index contributed by atoms with van der Waals surface area (Å²) in [5.74, 6) is 0.393. The molecule has 0 radical (unpaired) electrons. The molecule has 0 aliphatic heterocycles. The van der Waals surface area contributed by atoms with Crippen LogP contribution in [0.5, 0.6) is 0 Å². The number of carbonyl (C=O) groups is 2. The van der Waals surface area contributed by atoms with Gasteiger partial charge in [-0.15, -0.1) is 0 Å². The largest absolute Gasteiger partial charge is 0.299 e. The van der Waals surface area contributed by atoms with E-state index in [-0.39, 0.29) is 34.4 Å². The van der Waals surface area contributed by atoms with Crippen molar-refractivity contribution < 1.29 is 22.6 Å². The molecule has 4 aliphatic rings. The van der Waals surface area contributed by atoms with Crippen LogP contribution < -0.4 is 0 Å². The Hall–Kier alpha value is -1.53. The lowest BCUT2D eigenvalue weighted by molar-refractivity contribution is -0.132. The number of ketones is 2. The second kappa shape index (κ2) is 7.25. The molecule has 5 rings (SSSR count). The maximum absolute atomic E-state index is 13.5. The van der Waals surface area contributed by atoms with Crippen molar-refractivity contribution in [1.29, 1.82) is 0 Å². The van der Waals surface area contributed by atoms with E-state index in [1.807, 2.05) is 13.8 Å². The molecule has 34 heavy (non-hydrogen) atoms. The van der Waals surface area contributed by atoms with Gasteiger partial charge in [0.15, 0.2) is 0 Å². The number of Topliss-reactive ketones (excluding diaryl/α,β-unsaturated/α-hetero) is 2.